The van der Waals surface area contributed by atoms with Crippen LogP contribution >= 0.6 is 0 Å². The van der Waals surface area contributed by atoms with Crippen LogP contribution in [-0.2, 0) is 12.8 Å². The Morgan fingerprint density at radius 1 is 0.536 bits per heavy atom. The number of benzene rings is 4. The molecule has 2 aliphatic rings. The summed E-state index contributed by atoms with van der Waals surface area (Å²) in [5, 5.41) is 5.56. The maximum absolute atomic E-state index is 2.42. The fourth-order valence-corrected chi connectivity index (χ4v) is 5.77. The van der Waals surface area contributed by atoms with Crippen molar-refractivity contribution >= 4 is 32.7 Å². The molecule has 4 aromatic rings. The molecule has 0 nitrogen and oxygen atoms in total. The summed E-state index contributed by atoms with van der Waals surface area (Å²) in [4.78, 5) is 0. The lowest BCUT2D eigenvalue weighted by molar-refractivity contribution is 0.754. The highest BCUT2D eigenvalue weighted by Crippen LogP contribution is 2.51. The van der Waals surface area contributed by atoms with E-state index in [2.05, 4.69) is 86.6 Å². The van der Waals surface area contributed by atoms with E-state index < -0.39 is 0 Å². The smallest absolute Gasteiger partial charge is 0.0106 e. The number of fused-ring (bicyclic) bond motifs is 6. The van der Waals surface area contributed by atoms with E-state index >= 15 is 0 Å². The Labute approximate surface area is 166 Å². The van der Waals surface area contributed by atoms with Crippen LogP contribution in [0.4, 0.5) is 0 Å². The summed E-state index contributed by atoms with van der Waals surface area (Å²) in [5.41, 5.74) is 9.30. The molecule has 136 valence electrons. The number of rotatable bonds is 0. The van der Waals surface area contributed by atoms with E-state index in [9.17, 15) is 0 Å². The lowest BCUT2D eigenvalue weighted by Gasteiger charge is -2.18. The fraction of sp³-hybridized carbons (Fsp3) is 0.214. The zero-order chi connectivity index (χ0) is 18.8. The maximum atomic E-state index is 2.42. The number of allylic oxidation sites excluding steroid dienone is 2. The highest BCUT2D eigenvalue weighted by Gasteiger charge is 2.34. The average molecular weight is 361 g/mol. The summed E-state index contributed by atoms with van der Waals surface area (Å²) in [6, 6.07) is 27.2. The van der Waals surface area contributed by atoms with Gasteiger partial charge < -0.3 is 0 Å². The van der Waals surface area contributed by atoms with E-state index in [0.29, 0.717) is 11.8 Å². The van der Waals surface area contributed by atoms with Gasteiger partial charge in [0.05, 0.1) is 0 Å². The van der Waals surface area contributed by atoms with Gasteiger partial charge >= 0.3 is 0 Å². The Hall–Kier alpha value is -2.86. The summed E-state index contributed by atoms with van der Waals surface area (Å²) in [6.07, 6.45) is 2.32. The fourth-order valence-electron chi connectivity index (χ4n) is 5.77. The first-order valence-electron chi connectivity index (χ1n) is 10.5. The van der Waals surface area contributed by atoms with E-state index in [-0.39, 0.29) is 0 Å². The molecule has 0 bridgehead atoms. The molecule has 0 saturated carbocycles. The molecule has 0 spiro atoms. The molecule has 2 atom stereocenters. The molecule has 2 unspecified atom stereocenters. The van der Waals surface area contributed by atoms with E-state index in [4.69, 9.17) is 0 Å². The van der Waals surface area contributed by atoms with Crippen molar-refractivity contribution in [1.29, 1.82) is 0 Å². The first-order valence-corrected chi connectivity index (χ1v) is 10.5. The van der Waals surface area contributed by atoms with E-state index in [1.165, 1.54) is 43.8 Å². The first-order chi connectivity index (χ1) is 13.7. The molecule has 0 amide bonds. The van der Waals surface area contributed by atoms with Crippen molar-refractivity contribution in [3.8, 4) is 0 Å². The highest BCUT2D eigenvalue weighted by atomic mass is 14.4. The zero-order valence-corrected chi connectivity index (χ0v) is 16.5. The average Bonchev–Trinajstić information content (AvgIpc) is 3.23. The molecule has 0 heterocycles. The highest BCUT2D eigenvalue weighted by molar-refractivity contribution is 6.10. The molecule has 0 aliphatic heterocycles. The predicted molar refractivity (Wildman–Crippen MR) is 120 cm³/mol. The third kappa shape index (κ3) is 2.12. The Kier molecular flexibility index (Phi) is 3.35. The molecule has 0 heteroatoms. The number of hydrogen-bond donors (Lipinski definition) is 0. The minimum Gasteiger partial charge on any atom is -0.0616 e. The predicted octanol–water partition coefficient (Wildman–Crippen LogP) is 7.29. The quantitative estimate of drug-likeness (QED) is 0.309. The van der Waals surface area contributed by atoms with Crippen LogP contribution in [0.1, 0.15) is 36.1 Å². The van der Waals surface area contributed by atoms with Crippen molar-refractivity contribution < 1.29 is 0 Å². The van der Waals surface area contributed by atoms with E-state index in [0.717, 1.165) is 12.8 Å². The zero-order valence-electron chi connectivity index (χ0n) is 16.5. The van der Waals surface area contributed by atoms with Crippen LogP contribution in [0, 0.1) is 11.8 Å². The summed E-state index contributed by atoms with van der Waals surface area (Å²) >= 11 is 0. The molecule has 0 fully saturated rings. The molecule has 6 rings (SSSR count). The molecule has 0 N–H and O–H groups in total. The lowest BCUT2D eigenvalue weighted by atomic mass is 9.85. The van der Waals surface area contributed by atoms with Gasteiger partial charge in [0, 0.05) is 0 Å². The topological polar surface area (TPSA) is 0 Å². The number of hydrogen-bond acceptors (Lipinski definition) is 0. The second-order valence-electron chi connectivity index (χ2n) is 8.68. The van der Waals surface area contributed by atoms with E-state index in [1.807, 2.05) is 0 Å². The van der Waals surface area contributed by atoms with Crippen LogP contribution in [-0.4, -0.2) is 0 Å². The van der Waals surface area contributed by atoms with Gasteiger partial charge in [0.15, 0.2) is 0 Å². The van der Waals surface area contributed by atoms with Crippen molar-refractivity contribution in [2.75, 3.05) is 0 Å². The molecular formula is C28H24. The second-order valence-corrected chi connectivity index (χ2v) is 8.68. The van der Waals surface area contributed by atoms with Crippen LogP contribution in [0.3, 0.4) is 0 Å². The van der Waals surface area contributed by atoms with Gasteiger partial charge in [-0.05, 0) is 79.6 Å². The second kappa shape index (κ2) is 5.82. The molecule has 0 radical (unpaired) electrons. The minimum absolute atomic E-state index is 0.572. The van der Waals surface area contributed by atoms with Gasteiger partial charge in [-0.15, -0.1) is 0 Å². The monoisotopic (exact) mass is 360 g/mol. The van der Waals surface area contributed by atoms with Gasteiger partial charge in [-0.2, -0.15) is 0 Å². The van der Waals surface area contributed by atoms with Gasteiger partial charge in [-0.3, -0.25) is 0 Å². The van der Waals surface area contributed by atoms with Gasteiger partial charge in [-0.25, -0.2) is 0 Å². The van der Waals surface area contributed by atoms with Crippen molar-refractivity contribution in [1.82, 2.24) is 0 Å². The van der Waals surface area contributed by atoms with Crippen molar-refractivity contribution in [3.63, 3.8) is 0 Å². The van der Waals surface area contributed by atoms with Crippen LogP contribution in [0.25, 0.3) is 32.7 Å². The van der Waals surface area contributed by atoms with Crippen LogP contribution in [0.2, 0.25) is 0 Å². The Morgan fingerprint density at radius 2 is 0.964 bits per heavy atom. The Morgan fingerprint density at radius 3 is 1.43 bits per heavy atom. The minimum atomic E-state index is 0.572. The molecular weight excluding hydrogens is 336 g/mol. The van der Waals surface area contributed by atoms with Crippen LogP contribution in [0.15, 0.2) is 72.8 Å². The third-order valence-electron chi connectivity index (χ3n) is 6.90. The largest absolute Gasteiger partial charge is 0.0616 e. The SMILES string of the molecule is CC1Cc2ccc3ccccc3c2/C1=C1/c2c(ccc3ccccc23)CC1C. The lowest BCUT2D eigenvalue weighted by Crippen LogP contribution is -2.00. The summed E-state index contributed by atoms with van der Waals surface area (Å²) in [5.74, 6) is 1.14. The van der Waals surface area contributed by atoms with E-state index in [1.54, 1.807) is 11.1 Å². The molecule has 28 heavy (non-hydrogen) atoms. The standard InChI is InChI=1S/C28H24/c1-17-15-21-13-11-19-7-3-5-9-23(19)27(21)25(17)26-18(2)16-22-14-12-20-8-4-6-10-24(20)28(22)26/h3-14,17-18H,15-16H2,1-2H3/b26-25+. The Bertz CT molecular complexity index is 1190. The summed E-state index contributed by atoms with van der Waals surface area (Å²) in [7, 11) is 0. The third-order valence-corrected chi connectivity index (χ3v) is 6.90. The first kappa shape index (κ1) is 16.1. The van der Waals surface area contributed by atoms with Crippen molar-refractivity contribution in [2.45, 2.75) is 26.7 Å². The van der Waals surface area contributed by atoms with Gasteiger partial charge in [0.1, 0.15) is 0 Å². The molecule has 4 aromatic carbocycles. The normalized spacial score (nSPS) is 23.4. The Balaban J connectivity index is 1.75. The summed E-state index contributed by atoms with van der Waals surface area (Å²) < 4.78 is 0. The van der Waals surface area contributed by atoms with Crippen LogP contribution < -0.4 is 0 Å². The van der Waals surface area contributed by atoms with Crippen molar-refractivity contribution in [3.05, 3.63) is 95.1 Å². The molecule has 0 aromatic heterocycles. The summed E-state index contributed by atoms with van der Waals surface area (Å²) in [6.45, 7) is 4.85. The molecule has 0 saturated heterocycles. The maximum Gasteiger partial charge on any atom is -0.0106 e. The van der Waals surface area contributed by atoms with Crippen molar-refractivity contribution in [2.24, 2.45) is 11.8 Å². The van der Waals surface area contributed by atoms with Gasteiger partial charge in [0.25, 0.3) is 0 Å². The van der Waals surface area contributed by atoms with Crippen LogP contribution in [0.5, 0.6) is 0 Å². The van der Waals surface area contributed by atoms with Gasteiger partial charge in [0.2, 0.25) is 0 Å². The van der Waals surface area contributed by atoms with Gasteiger partial charge in [-0.1, -0.05) is 86.6 Å². The molecule has 2 aliphatic carbocycles.